The zero-order valence-electron chi connectivity index (χ0n) is 11.5. The number of benzene rings is 1. The minimum Gasteiger partial charge on any atom is -0.478 e. The van der Waals surface area contributed by atoms with Crippen molar-refractivity contribution in [3.05, 3.63) is 46.3 Å². The highest BCUT2D eigenvalue weighted by Crippen LogP contribution is 2.38. The molecule has 1 heterocycles. The van der Waals surface area contributed by atoms with E-state index in [1.807, 2.05) is 36.4 Å². The Labute approximate surface area is 126 Å². The van der Waals surface area contributed by atoms with E-state index >= 15 is 0 Å². The number of carbonyl (C=O) groups excluding carboxylic acids is 1. The number of rotatable bonds is 5. The number of nitrogens with zero attached hydrogens (tertiary/aromatic N) is 1. The largest absolute Gasteiger partial charge is 0.478 e. The molecule has 0 spiro atoms. The first kappa shape index (κ1) is 14.9. The predicted molar refractivity (Wildman–Crippen MR) is 80.2 cm³/mol. The van der Waals surface area contributed by atoms with E-state index < -0.39 is 5.97 Å². The second-order valence-corrected chi connectivity index (χ2v) is 5.10. The van der Waals surface area contributed by atoms with E-state index in [0.717, 1.165) is 16.9 Å². The Hall–Kier alpha value is -2.52. The van der Waals surface area contributed by atoms with E-state index in [9.17, 15) is 4.79 Å². The van der Waals surface area contributed by atoms with E-state index in [-0.39, 0.29) is 22.7 Å². The number of thiophene rings is 1. The van der Waals surface area contributed by atoms with Crippen LogP contribution in [0.1, 0.15) is 27.7 Å². The lowest BCUT2D eigenvalue weighted by Gasteiger charge is -2.03. The third-order valence-corrected chi connectivity index (χ3v) is 3.80. The highest BCUT2D eigenvalue weighted by atomic mass is 32.1. The Balaban J connectivity index is 2.21. The van der Waals surface area contributed by atoms with Crippen LogP contribution < -0.4 is 10.5 Å². The maximum atomic E-state index is 11.8. The van der Waals surface area contributed by atoms with Crippen LogP contribution in [-0.4, -0.2) is 12.6 Å². The van der Waals surface area contributed by atoms with Gasteiger partial charge in [-0.3, -0.25) is 0 Å². The van der Waals surface area contributed by atoms with Crippen molar-refractivity contribution in [3.8, 4) is 11.1 Å². The van der Waals surface area contributed by atoms with Crippen molar-refractivity contribution in [2.24, 2.45) is 0 Å². The van der Waals surface area contributed by atoms with Gasteiger partial charge in [0, 0.05) is 0 Å². The molecule has 2 rings (SSSR count). The van der Waals surface area contributed by atoms with Crippen LogP contribution in [0.2, 0.25) is 0 Å². The SMILES string of the molecule is CCOC(=O)c1sc(OCc2ccccc2)c(C#N)c1N. The predicted octanol–water partition coefficient (Wildman–Crippen LogP) is 2.96. The summed E-state index contributed by atoms with van der Waals surface area (Å²) in [7, 11) is 0. The first-order valence-corrected chi connectivity index (χ1v) is 7.15. The molecule has 2 N–H and O–H groups in total. The summed E-state index contributed by atoms with van der Waals surface area (Å²) in [6.45, 7) is 2.26. The molecule has 0 saturated heterocycles. The number of nitrogen functional groups attached to an aromatic ring is 1. The van der Waals surface area contributed by atoms with Gasteiger partial charge >= 0.3 is 5.97 Å². The summed E-state index contributed by atoms with van der Waals surface area (Å²) in [5.74, 6) is -0.536. The van der Waals surface area contributed by atoms with Gasteiger partial charge in [0.1, 0.15) is 23.1 Å². The molecule has 0 aliphatic heterocycles. The second-order valence-electron chi connectivity index (χ2n) is 4.11. The summed E-state index contributed by atoms with van der Waals surface area (Å²) in [5, 5.41) is 9.50. The fourth-order valence-corrected chi connectivity index (χ4v) is 2.62. The highest BCUT2D eigenvalue weighted by Gasteiger charge is 2.23. The molecule has 0 aliphatic rings. The Morgan fingerprint density at radius 1 is 1.38 bits per heavy atom. The molecule has 0 amide bonds. The van der Waals surface area contributed by atoms with Crippen LogP contribution in [0.4, 0.5) is 5.69 Å². The molecule has 0 aliphatic carbocycles. The summed E-state index contributed by atoms with van der Waals surface area (Å²) >= 11 is 1.03. The Morgan fingerprint density at radius 3 is 2.71 bits per heavy atom. The number of nitriles is 1. The Bertz CT molecular complexity index is 674. The number of nitrogens with two attached hydrogens (primary N) is 1. The van der Waals surface area contributed by atoms with E-state index in [4.69, 9.17) is 20.5 Å². The molecule has 5 nitrogen and oxygen atoms in total. The van der Waals surface area contributed by atoms with Crippen molar-refractivity contribution >= 4 is 23.0 Å². The van der Waals surface area contributed by atoms with Crippen LogP contribution in [0.25, 0.3) is 0 Å². The van der Waals surface area contributed by atoms with E-state index in [1.54, 1.807) is 6.92 Å². The highest BCUT2D eigenvalue weighted by molar-refractivity contribution is 7.16. The summed E-state index contributed by atoms with van der Waals surface area (Å²) in [5.41, 5.74) is 7.08. The van der Waals surface area contributed by atoms with Crippen LogP contribution in [0, 0.1) is 11.3 Å². The minimum atomic E-state index is -0.536. The maximum Gasteiger partial charge on any atom is 0.350 e. The molecule has 21 heavy (non-hydrogen) atoms. The van der Waals surface area contributed by atoms with Gasteiger partial charge in [0.25, 0.3) is 0 Å². The molecule has 6 heteroatoms. The van der Waals surface area contributed by atoms with E-state index in [1.165, 1.54) is 0 Å². The van der Waals surface area contributed by atoms with Gasteiger partial charge in [0.15, 0.2) is 5.06 Å². The normalized spacial score (nSPS) is 9.90. The van der Waals surface area contributed by atoms with Gasteiger partial charge in [-0.15, -0.1) is 0 Å². The molecule has 0 unspecified atom stereocenters. The number of ether oxygens (including phenoxy) is 2. The first-order chi connectivity index (χ1) is 10.2. The van der Waals surface area contributed by atoms with Crippen LogP contribution in [-0.2, 0) is 11.3 Å². The second kappa shape index (κ2) is 6.77. The lowest BCUT2D eigenvalue weighted by atomic mass is 10.2. The van der Waals surface area contributed by atoms with Crippen LogP contribution >= 0.6 is 11.3 Å². The van der Waals surface area contributed by atoms with E-state index in [2.05, 4.69) is 0 Å². The fraction of sp³-hybridized carbons (Fsp3) is 0.200. The summed E-state index contributed by atoms with van der Waals surface area (Å²) < 4.78 is 10.5. The number of anilines is 1. The summed E-state index contributed by atoms with van der Waals surface area (Å²) in [6.07, 6.45) is 0. The van der Waals surface area contributed by atoms with Crippen molar-refractivity contribution in [2.45, 2.75) is 13.5 Å². The van der Waals surface area contributed by atoms with E-state index in [0.29, 0.717) is 11.7 Å². The molecule has 0 atom stereocenters. The van der Waals surface area contributed by atoms with Gasteiger partial charge in [-0.05, 0) is 12.5 Å². The van der Waals surface area contributed by atoms with Crippen molar-refractivity contribution in [1.82, 2.24) is 0 Å². The topological polar surface area (TPSA) is 85.3 Å². The molecular formula is C15H14N2O3S. The van der Waals surface area contributed by atoms with Crippen molar-refractivity contribution in [2.75, 3.05) is 12.3 Å². The number of carbonyl (C=O) groups is 1. The lowest BCUT2D eigenvalue weighted by Crippen LogP contribution is -2.05. The number of hydrogen-bond acceptors (Lipinski definition) is 6. The number of esters is 1. The summed E-state index contributed by atoms with van der Waals surface area (Å²) in [6, 6.07) is 11.5. The molecule has 1 aromatic carbocycles. The number of hydrogen-bond donors (Lipinski definition) is 1. The van der Waals surface area contributed by atoms with Gasteiger partial charge in [0.05, 0.1) is 12.3 Å². The zero-order valence-corrected chi connectivity index (χ0v) is 12.3. The zero-order chi connectivity index (χ0) is 15.2. The van der Waals surface area contributed by atoms with Crippen LogP contribution in [0.15, 0.2) is 30.3 Å². The molecule has 0 radical (unpaired) electrons. The van der Waals surface area contributed by atoms with Crippen molar-refractivity contribution in [3.63, 3.8) is 0 Å². The van der Waals surface area contributed by atoms with Crippen LogP contribution in [0.3, 0.4) is 0 Å². The monoisotopic (exact) mass is 302 g/mol. The van der Waals surface area contributed by atoms with Gasteiger partial charge < -0.3 is 15.2 Å². The maximum absolute atomic E-state index is 11.8. The molecule has 0 bridgehead atoms. The smallest absolute Gasteiger partial charge is 0.350 e. The summed E-state index contributed by atoms with van der Waals surface area (Å²) in [4.78, 5) is 12.0. The Kier molecular flexibility index (Phi) is 4.80. The molecule has 2 aromatic rings. The molecule has 1 aromatic heterocycles. The molecule has 108 valence electrons. The van der Waals surface area contributed by atoms with Crippen molar-refractivity contribution in [1.29, 1.82) is 5.26 Å². The standard InChI is InChI=1S/C15H14N2O3S/c1-2-19-14(18)13-12(17)11(8-16)15(21-13)20-9-10-6-4-3-5-7-10/h3-7H,2,9,17H2,1H3. The lowest BCUT2D eigenvalue weighted by molar-refractivity contribution is 0.0533. The van der Waals surface area contributed by atoms with Gasteiger partial charge in [-0.1, -0.05) is 41.7 Å². The average molecular weight is 302 g/mol. The molecular weight excluding hydrogens is 288 g/mol. The quantitative estimate of drug-likeness (QED) is 0.858. The molecule has 0 saturated carbocycles. The van der Waals surface area contributed by atoms with Gasteiger partial charge in [0.2, 0.25) is 0 Å². The van der Waals surface area contributed by atoms with Gasteiger partial charge in [-0.25, -0.2) is 4.79 Å². The van der Waals surface area contributed by atoms with Crippen molar-refractivity contribution < 1.29 is 14.3 Å². The third kappa shape index (κ3) is 3.33. The Morgan fingerprint density at radius 2 is 2.10 bits per heavy atom. The molecule has 0 fully saturated rings. The fourth-order valence-electron chi connectivity index (χ4n) is 1.70. The van der Waals surface area contributed by atoms with Crippen LogP contribution in [0.5, 0.6) is 5.06 Å². The third-order valence-electron chi connectivity index (χ3n) is 2.70. The first-order valence-electron chi connectivity index (χ1n) is 6.33. The minimum absolute atomic E-state index is 0.115. The average Bonchev–Trinajstić information content (AvgIpc) is 2.82. The van der Waals surface area contributed by atoms with Gasteiger partial charge in [-0.2, -0.15) is 5.26 Å².